The summed E-state index contributed by atoms with van der Waals surface area (Å²) in [5.74, 6) is 2.68. The van der Waals surface area contributed by atoms with Crippen LogP contribution in [0.4, 0.5) is 0 Å². The maximum Gasteiger partial charge on any atom is 0.235 e. The van der Waals surface area contributed by atoms with Crippen LogP contribution in [0.5, 0.6) is 0 Å². The normalized spacial score (nSPS) is 20.5. The average molecular weight is 310 g/mol. The van der Waals surface area contributed by atoms with Crippen LogP contribution in [0.3, 0.4) is 0 Å². The third-order valence-electron chi connectivity index (χ3n) is 4.06. The molecule has 118 valence electrons. The molecule has 0 radical (unpaired) electrons. The predicted molar refractivity (Wildman–Crippen MR) is 86.4 cm³/mol. The minimum absolute atomic E-state index is 0.0646. The Labute approximate surface area is 131 Å². The van der Waals surface area contributed by atoms with Gasteiger partial charge in [0.25, 0.3) is 0 Å². The lowest BCUT2D eigenvalue weighted by Gasteiger charge is -2.33. The van der Waals surface area contributed by atoms with Crippen LogP contribution in [0, 0.1) is 0 Å². The predicted octanol–water partition coefficient (Wildman–Crippen LogP) is 2.44. The summed E-state index contributed by atoms with van der Waals surface area (Å²) in [4.78, 5) is 14.6. The fourth-order valence-electron chi connectivity index (χ4n) is 2.78. The van der Waals surface area contributed by atoms with E-state index in [9.17, 15) is 4.79 Å². The van der Waals surface area contributed by atoms with Gasteiger partial charge in [-0.25, -0.2) is 0 Å². The monoisotopic (exact) mass is 310 g/mol. The Balaban J connectivity index is 1.91. The molecule has 1 saturated heterocycles. The summed E-state index contributed by atoms with van der Waals surface area (Å²) < 4.78 is 1.97. The second-order valence-corrected chi connectivity index (χ2v) is 7.24. The third-order valence-corrected chi connectivity index (χ3v) is 5.28. The van der Waals surface area contributed by atoms with E-state index in [-0.39, 0.29) is 11.2 Å². The molecule has 5 nitrogen and oxygen atoms in total. The van der Waals surface area contributed by atoms with Crippen molar-refractivity contribution in [1.82, 2.24) is 19.7 Å². The van der Waals surface area contributed by atoms with Gasteiger partial charge in [0.15, 0.2) is 0 Å². The molecule has 1 fully saturated rings. The maximum absolute atomic E-state index is 12.6. The number of amides is 1. The van der Waals surface area contributed by atoms with Crippen molar-refractivity contribution in [2.75, 3.05) is 18.8 Å². The number of rotatable bonds is 6. The van der Waals surface area contributed by atoms with Gasteiger partial charge in [0, 0.05) is 26.1 Å². The topological polar surface area (TPSA) is 51.0 Å². The number of thioether (sulfide) groups is 1. The van der Waals surface area contributed by atoms with Crippen LogP contribution in [0.1, 0.15) is 51.3 Å². The average Bonchev–Trinajstić information content (AvgIpc) is 2.93. The molecule has 2 atom stereocenters. The van der Waals surface area contributed by atoms with Gasteiger partial charge in [-0.2, -0.15) is 0 Å². The Morgan fingerprint density at radius 1 is 1.57 bits per heavy atom. The zero-order valence-corrected chi connectivity index (χ0v) is 14.1. The molecule has 1 amide bonds. The summed E-state index contributed by atoms with van der Waals surface area (Å²) in [6, 6.07) is 0. The van der Waals surface area contributed by atoms with Crippen LogP contribution in [0.15, 0.2) is 6.33 Å². The molecule has 1 aliphatic heterocycles. The third kappa shape index (κ3) is 4.22. The van der Waals surface area contributed by atoms with Crippen LogP contribution in [-0.2, 0) is 11.8 Å². The van der Waals surface area contributed by atoms with Crippen molar-refractivity contribution in [3.05, 3.63) is 12.2 Å². The number of likely N-dealkylation sites (tertiary alicyclic amines) is 1. The largest absolute Gasteiger partial charge is 0.341 e. The summed E-state index contributed by atoms with van der Waals surface area (Å²) in [7, 11) is 1.97. The van der Waals surface area contributed by atoms with Crippen molar-refractivity contribution in [3.8, 4) is 0 Å². The van der Waals surface area contributed by atoms with E-state index in [1.165, 1.54) is 12.8 Å². The fourth-order valence-corrected chi connectivity index (χ4v) is 3.88. The highest BCUT2D eigenvalue weighted by atomic mass is 32.2. The number of aryl methyl sites for hydroxylation is 1. The molecule has 0 saturated carbocycles. The number of hydrogen-bond donors (Lipinski definition) is 0. The number of piperidine rings is 1. The fraction of sp³-hybridized carbons (Fsp3) is 0.800. The minimum atomic E-state index is 0.0646. The van der Waals surface area contributed by atoms with E-state index in [2.05, 4.69) is 17.1 Å². The molecule has 2 heterocycles. The lowest BCUT2D eigenvalue weighted by molar-refractivity contribution is -0.131. The highest BCUT2D eigenvalue weighted by Crippen LogP contribution is 2.26. The van der Waals surface area contributed by atoms with E-state index in [4.69, 9.17) is 0 Å². The minimum Gasteiger partial charge on any atom is -0.341 e. The maximum atomic E-state index is 12.6. The van der Waals surface area contributed by atoms with E-state index >= 15 is 0 Å². The number of hydrogen-bond acceptors (Lipinski definition) is 4. The van der Waals surface area contributed by atoms with Gasteiger partial charge in [0.05, 0.1) is 5.25 Å². The van der Waals surface area contributed by atoms with E-state index in [0.717, 1.165) is 37.5 Å². The molecule has 21 heavy (non-hydrogen) atoms. The summed E-state index contributed by atoms with van der Waals surface area (Å²) in [5.41, 5.74) is 0. The molecule has 0 spiro atoms. The molecule has 6 heteroatoms. The van der Waals surface area contributed by atoms with Crippen LogP contribution < -0.4 is 0 Å². The number of nitrogens with zero attached hydrogens (tertiary/aromatic N) is 4. The summed E-state index contributed by atoms with van der Waals surface area (Å²) in [6.07, 6.45) is 6.25. The van der Waals surface area contributed by atoms with Crippen LogP contribution >= 0.6 is 11.8 Å². The molecule has 0 aliphatic carbocycles. The van der Waals surface area contributed by atoms with Gasteiger partial charge in [-0.05, 0) is 31.9 Å². The number of unbranched alkanes of at least 4 members (excludes halogenated alkanes) is 1. The van der Waals surface area contributed by atoms with Gasteiger partial charge in [0.2, 0.25) is 5.91 Å². The molecule has 1 aliphatic rings. The Hall–Kier alpha value is -1.04. The molecule has 1 aromatic rings. The van der Waals surface area contributed by atoms with E-state index < -0.39 is 0 Å². The quantitative estimate of drug-likeness (QED) is 0.757. The number of carbonyl (C=O) groups excluding carboxylic acids is 1. The molecular weight excluding hydrogens is 284 g/mol. The number of carbonyl (C=O) groups is 1. The second-order valence-electron chi connectivity index (χ2n) is 5.79. The Morgan fingerprint density at radius 2 is 2.38 bits per heavy atom. The zero-order valence-electron chi connectivity index (χ0n) is 13.3. The summed E-state index contributed by atoms with van der Waals surface area (Å²) in [6.45, 7) is 5.88. The van der Waals surface area contributed by atoms with Crippen molar-refractivity contribution in [3.63, 3.8) is 0 Å². The van der Waals surface area contributed by atoms with Gasteiger partial charge in [-0.15, -0.1) is 22.0 Å². The molecule has 2 rings (SSSR count). The summed E-state index contributed by atoms with van der Waals surface area (Å²) >= 11 is 1.78. The van der Waals surface area contributed by atoms with Gasteiger partial charge in [-0.1, -0.05) is 13.3 Å². The van der Waals surface area contributed by atoms with E-state index in [0.29, 0.717) is 5.92 Å². The first-order chi connectivity index (χ1) is 10.1. The van der Waals surface area contributed by atoms with Crippen molar-refractivity contribution >= 4 is 17.7 Å². The van der Waals surface area contributed by atoms with Gasteiger partial charge >= 0.3 is 0 Å². The Kier molecular flexibility index (Phi) is 6.08. The molecule has 2 unspecified atom stereocenters. The number of aromatic nitrogens is 3. The van der Waals surface area contributed by atoms with E-state index in [1.54, 1.807) is 18.1 Å². The van der Waals surface area contributed by atoms with Crippen molar-refractivity contribution in [1.29, 1.82) is 0 Å². The zero-order chi connectivity index (χ0) is 15.2. The standard InChI is InChI=1S/C15H26N4OS/c1-4-5-9-21-12(2)15(20)19-8-6-7-13(10-19)14-17-16-11-18(14)3/h11-13H,4-10H2,1-3H3. The first-order valence-electron chi connectivity index (χ1n) is 7.87. The highest BCUT2D eigenvalue weighted by molar-refractivity contribution is 8.00. The molecule has 0 bridgehead atoms. The molecule has 1 aromatic heterocycles. The van der Waals surface area contributed by atoms with Crippen molar-refractivity contribution < 1.29 is 4.79 Å². The first kappa shape index (κ1) is 16.3. The van der Waals surface area contributed by atoms with Crippen molar-refractivity contribution in [2.45, 2.75) is 50.7 Å². The van der Waals surface area contributed by atoms with Gasteiger partial charge in [-0.3, -0.25) is 4.79 Å². The molecular formula is C15H26N4OS. The van der Waals surface area contributed by atoms with Gasteiger partial charge in [0.1, 0.15) is 12.2 Å². The lowest BCUT2D eigenvalue weighted by atomic mass is 9.97. The van der Waals surface area contributed by atoms with Crippen LogP contribution in [-0.4, -0.2) is 49.7 Å². The van der Waals surface area contributed by atoms with Gasteiger partial charge < -0.3 is 9.47 Å². The van der Waals surface area contributed by atoms with Crippen molar-refractivity contribution in [2.24, 2.45) is 7.05 Å². The second kappa shape index (κ2) is 7.82. The first-order valence-corrected chi connectivity index (χ1v) is 8.92. The van der Waals surface area contributed by atoms with Crippen LogP contribution in [0.25, 0.3) is 0 Å². The molecule has 0 N–H and O–H groups in total. The Bertz CT molecular complexity index is 462. The molecule has 0 aromatic carbocycles. The SMILES string of the molecule is CCCCSC(C)C(=O)N1CCCC(c2nncn2C)C1. The van der Waals surface area contributed by atoms with E-state index in [1.807, 2.05) is 23.4 Å². The highest BCUT2D eigenvalue weighted by Gasteiger charge is 2.29. The van der Waals surface area contributed by atoms with Crippen LogP contribution in [0.2, 0.25) is 0 Å². The summed E-state index contributed by atoms with van der Waals surface area (Å²) in [5, 5.41) is 8.23. The lowest BCUT2D eigenvalue weighted by Crippen LogP contribution is -2.43. The smallest absolute Gasteiger partial charge is 0.235 e. The Morgan fingerprint density at radius 3 is 3.05 bits per heavy atom.